The number of aliphatic hydroxyl groups excluding tert-OH is 1. The summed E-state index contributed by atoms with van der Waals surface area (Å²) in [6.07, 6.45) is -0.796. The maximum absolute atomic E-state index is 13.3. The zero-order chi connectivity index (χ0) is 15.4. The van der Waals surface area contributed by atoms with E-state index in [1.54, 1.807) is 14.0 Å². The lowest BCUT2D eigenvalue weighted by atomic mass is 10.1. The molecule has 0 amide bonds. The third-order valence-corrected chi connectivity index (χ3v) is 3.24. The molecule has 2 aromatic carbocycles. The first-order valence-electron chi connectivity index (χ1n) is 6.75. The van der Waals surface area contributed by atoms with Crippen LogP contribution in [0.2, 0.25) is 0 Å². The van der Waals surface area contributed by atoms with Gasteiger partial charge < -0.3 is 14.6 Å². The van der Waals surface area contributed by atoms with E-state index in [1.807, 2.05) is 25.1 Å². The molecule has 0 saturated carbocycles. The molecule has 0 aliphatic rings. The molecule has 0 aromatic heterocycles. The van der Waals surface area contributed by atoms with Crippen molar-refractivity contribution in [3.63, 3.8) is 0 Å². The minimum atomic E-state index is -0.796. The molecule has 0 saturated heterocycles. The standard InChI is InChI=1S/C17H19FO3/c1-11-4-6-16(20-3)13(8-11)10-21-17-7-5-14(18)9-15(17)12(2)19/h4-9,12,19H,10H2,1-3H3. The van der Waals surface area contributed by atoms with Gasteiger partial charge in [-0.3, -0.25) is 0 Å². The molecule has 4 heteroatoms. The Morgan fingerprint density at radius 3 is 2.52 bits per heavy atom. The first-order valence-corrected chi connectivity index (χ1v) is 6.75. The zero-order valence-corrected chi connectivity index (χ0v) is 12.4. The molecule has 0 heterocycles. The van der Waals surface area contributed by atoms with Gasteiger partial charge in [-0.25, -0.2) is 4.39 Å². The van der Waals surface area contributed by atoms with Crippen molar-refractivity contribution in [2.45, 2.75) is 26.6 Å². The van der Waals surface area contributed by atoms with Crippen molar-refractivity contribution in [2.24, 2.45) is 0 Å². The molecule has 0 aliphatic carbocycles. The number of benzene rings is 2. The topological polar surface area (TPSA) is 38.7 Å². The van der Waals surface area contributed by atoms with Crippen molar-refractivity contribution in [3.05, 3.63) is 58.9 Å². The molecule has 0 fully saturated rings. The molecular formula is C17H19FO3. The predicted octanol–water partition coefficient (Wildman–Crippen LogP) is 3.78. The predicted molar refractivity (Wildman–Crippen MR) is 79.1 cm³/mol. The first kappa shape index (κ1) is 15.3. The van der Waals surface area contributed by atoms with Gasteiger partial charge in [0.2, 0.25) is 0 Å². The highest BCUT2D eigenvalue weighted by Gasteiger charge is 2.12. The average Bonchev–Trinajstić information content (AvgIpc) is 2.46. The fourth-order valence-electron chi connectivity index (χ4n) is 2.15. The number of rotatable bonds is 5. The average molecular weight is 290 g/mol. The number of hydrogen-bond acceptors (Lipinski definition) is 3. The van der Waals surface area contributed by atoms with Gasteiger partial charge in [-0.15, -0.1) is 0 Å². The Morgan fingerprint density at radius 1 is 1.14 bits per heavy atom. The van der Waals surface area contributed by atoms with Gasteiger partial charge in [-0.2, -0.15) is 0 Å². The van der Waals surface area contributed by atoms with Crippen molar-refractivity contribution in [1.29, 1.82) is 0 Å². The molecule has 112 valence electrons. The number of hydrogen-bond donors (Lipinski definition) is 1. The van der Waals surface area contributed by atoms with Crippen molar-refractivity contribution in [3.8, 4) is 11.5 Å². The van der Waals surface area contributed by atoms with E-state index in [-0.39, 0.29) is 6.61 Å². The van der Waals surface area contributed by atoms with E-state index in [0.717, 1.165) is 16.9 Å². The summed E-state index contributed by atoms with van der Waals surface area (Å²) < 4.78 is 24.3. The third kappa shape index (κ3) is 3.73. The lowest BCUT2D eigenvalue weighted by molar-refractivity contribution is 0.189. The highest BCUT2D eigenvalue weighted by molar-refractivity contribution is 5.39. The molecule has 1 unspecified atom stereocenters. The van der Waals surface area contributed by atoms with Crippen LogP contribution in [0.25, 0.3) is 0 Å². The molecule has 21 heavy (non-hydrogen) atoms. The van der Waals surface area contributed by atoms with E-state index in [4.69, 9.17) is 9.47 Å². The van der Waals surface area contributed by atoms with Gasteiger partial charge in [0.15, 0.2) is 0 Å². The van der Waals surface area contributed by atoms with E-state index in [9.17, 15) is 9.50 Å². The second-order valence-corrected chi connectivity index (χ2v) is 4.96. The largest absolute Gasteiger partial charge is 0.496 e. The second kappa shape index (κ2) is 6.59. The normalized spacial score (nSPS) is 12.0. The minimum absolute atomic E-state index is 0.288. The molecule has 2 rings (SSSR count). The Morgan fingerprint density at radius 2 is 1.86 bits per heavy atom. The molecule has 0 bridgehead atoms. The molecule has 1 N–H and O–H groups in total. The van der Waals surface area contributed by atoms with Crippen LogP contribution in [0.5, 0.6) is 11.5 Å². The third-order valence-electron chi connectivity index (χ3n) is 3.24. The molecule has 3 nitrogen and oxygen atoms in total. The maximum Gasteiger partial charge on any atom is 0.125 e. The number of ether oxygens (including phenoxy) is 2. The quantitative estimate of drug-likeness (QED) is 0.911. The number of methoxy groups -OCH3 is 1. The Bertz CT molecular complexity index is 623. The summed E-state index contributed by atoms with van der Waals surface area (Å²) in [4.78, 5) is 0. The summed E-state index contributed by atoms with van der Waals surface area (Å²) in [5.41, 5.74) is 2.43. The van der Waals surface area contributed by atoms with E-state index in [1.165, 1.54) is 18.2 Å². The van der Waals surface area contributed by atoms with Crippen LogP contribution in [-0.2, 0) is 6.61 Å². The van der Waals surface area contributed by atoms with Crippen LogP contribution < -0.4 is 9.47 Å². The van der Waals surface area contributed by atoms with Crippen molar-refractivity contribution < 1.29 is 19.0 Å². The molecule has 0 radical (unpaired) electrons. The summed E-state index contributed by atoms with van der Waals surface area (Å²) in [6.45, 7) is 3.85. The highest BCUT2D eigenvalue weighted by Crippen LogP contribution is 2.28. The summed E-state index contributed by atoms with van der Waals surface area (Å²) in [7, 11) is 1.60. The first-order chi connectivity index (χ1) is 10.0. The molecule has 2 aromatic rings. The van der Waals surface area contributed by atoms with Gasteiger partial charge in [-0.05, 0) is 44.2 Å². The number of aryl methyl sites for hydroxylation is 1. The van der Waals surface area contributed by atoms with Gasteiger partial charge in [-0.1, -0.05) is 11.6 Å². The van der Waals surface area contributed by atoms with Crippen LogP contribution in [0.3, 0.4) is 0 Å². The van der Waals surface area contributed by atoms with Crippen molar-refractivity contribution in [2.75, 3.05) is 7.11 Å². The Labute approximate surface area is 124 Å². The smallest absolute Gasteiger partial charge is 0.125 e. The minimum Gasteiger partial charge on any atom is -0.496 e. The van der Waals surface area contributed by atoms with Crippen LogP contribution in [0.4, 0.5) is 4.39 Å². The zero-order valence-electron chi connectivity index (χ0n) is 12.4. The Hall–Kier alpha value is -2.07. The monoisotopic (exact) mass is 290 g/mol. The molecule has 0 aliphatic heterocycles. The van der Waals surface area contributed by atoms with Crippen molar-refractivity contribution in [1.82, 2.24) is 0 Å². The van der Waals surface area contributed by atoms with E-state index < -0.39 is 11.9 Å². The summed E-state index contributed by atoms with van der Waals surface area (Å²) in [5, 5.41) is 9.70. The maximum atomic E-state index is 13.3. The Balaban J connectivity index is 2.22. The summed E-state index contributed by atoms with van der Waals surface area (Å²) >= 11 is 0. The van der Waals surface area contributed by atoms with Crippen LogP contribution in [0, 0.1) is 12.7 Å². The van der Waals surface area contributed by atoms with Crippen molar-refractivity contribution >= 4 is 0 Å². The van der Waals surface area contributed by atoms with Crippen LogP contribution >= 0.6 is 0 Å². The van der Waals surface area contributed by atoms with Gasteiger partial charge in [0.1, 0.15) is 23.9 Å². The van der Waals surface area contributed by atoms with E-state index >= 15 is 0 Å². The lowest BCUT2D eigenvalue weighted by Crippen LogP contribution is -2.03. The number of halogens is 1. The van der Waals surface area contributed by atoms with Gasteiger partial charge >= 0.3 is 0 Å². The summed E-state index contributed by atoms with van der Waals surface area (Å²) in [6, 6.07) is 9.95. The highest BCUT2D eigenvalue weighted by atomic mass is 19.1. The Kier molecular flexibility index (Phi) is 4.81. The lowest BCUT2D eigenvalue weighted by Gasteiger charge is -2.15. The fourth-order valence-corrected chi connectivity index (χ4v) is 2.15. The van der Waals surface area contributed by atoms with Crippen LogP contribution in [0.1, 0.15) is 29.7 Å². The van der Waals surface area contributed by atoms with Crippen LogP contribution in [-0.4, -0.2) is 12.2 Å². The fraction of sp³-hybridized carbons (Fsp3) is 0.294. The van der Waals surface area contributed by atoms with E-state index in [0.29, 0.717) is 11.3 Å². The molecular weight excluding hydrogens is 271 g/mol. The molecule has 1 atom stereocenters. The van der Waals surface area contributed by atoms with Crippen LogP contribution in [0.15, 0.2) is 36.4 Å². The molecule has 0 spiro atoms. The summed E-state index contributed by atoms with van der Waals surface area (Å²) in [5.74, 6) is 0.808. The SMILES string of the molecule is COc1ccc(C)cc1COc1ccc(F)cc1C(C)O. The second-order valence-electron chi connectivity index (χ2n) is 4.96. The van der Waals surface area contributed by atoms with Gasteiger partial charge in [0.25, 0.3) is 0 Å². The van der Waals surface area contributed by atoms with E-state index in [2.05, 4.69) is 0 Å². The number of aliphatic hydroxyl groups is 1. The van der Waals surface area contributed by atoms with Gasteiger partial charge in [0, 0.05) is 11.1 Å². The van der Waals surface area contributed by atoms with Gasteiger partial charge in [0.05, 0.1) is 13.2 Å².